The van der Waals surface area contributed by atoms with Crippen LogP contribution in [0.1, 0.15) is 40.4 Å². The zero-order valence-corrected chi connectivity index (χ0v) is 15.3. The van der Waals surface area contributed by atoms with Gasteiger partial charge in [0.05, 0.1) is 24.8 Å². The van der Waals surface area contributed by atoms with Crippen LogP contribution in [0.15, 0.2) is 12.4 Å². The van der Waals surface area contributed by atoms with Crippen molar-refractivity contribution in [3.05, 3.63) is 35.2 Å². The highest BCUT2D eigenvalue weighted by Crippen LogP contribution is 2.35. The van der Waals surface area contributed by atoms with Gasteiger partial charge < -0.3 is 14.2 Å². The lowest BCUT2D eigenvalue weighted by atomic mass is 10.0. The third-order valence-electron chi connectivity index (χ3n) is 6.15. The Morgan fingerprint density at radius 3 is 3.11 bits per heavy atom. The van der Waals surface area contributed by atoms with E-state index < -0.39 is 5.60 Å². The summed E-state index contributed by atoms with van der Waals surface area (Å²) in [4.78, 5) is 15.0. The van der Waals surface area contributed by atoms with E-state index in [9.17, 15) is 4.79 Å². The molecule has 1 fully saturated rings. The molecule has 28 heavy (non-hydrogen) atoms. The molecule has 3 aromatic heterocycles. The minimum Gasteiger partial charge on any atom is -0.363 e. The lowest BCUT2D eigenvalue weighted by molar-refractivity contribution is -0.0805. The van der Waals surface area contributed by atoms with Gasteiger partial charge in [-0.3, -0.25) is 15.0 Å². The molecule has 5 heterocycles. The van der Waals surface area contributed by atoms with E-state index in [1.807, 2.05) is 11.1 Å². The van der Waals surface area contributed by atoms with Crippen molar-refractivity contribution in [3.63, 3.8) is 0 Å². The Morgan fingerprint density at radius 1 is 1.25 bits per heavy atom. The molecular formula is C18H20N8O2. The van der Waals surface area contributed by atoms with Crippen molar-refractivity contribution in [2.45, 2.75) is 44.4 Å². The monoisotopic (exact) mass is 380 g/mol. The number of hydrogen-bond acceptors (Lipinski definition) is 6. The van der Waals surface area contributed by atoms with E-state index in [4.69, 9.17) is 4.74 Å². The minimum atomic E-state index is -0.414. The van der Waals surface area contributed by atoms with Crippen LogP contribution in [-0.2, 0) is 30.7 Å². The summed E-state index contributed by atoms with van der Waals surface area (Å²) in [6.45, 7) is 2.23. The predicted molar refractivity (Wildman–Crippen MR) is 96.3 cm³/mol. The van der Waals surface area contributed by atoms with Gasteiger partial charge in [0.15, 0.2) is 17.3 Å². The highest BCUT2D eigenvalue weighted by molar-refractivity contribution is 5.94. The molecule has 0 bridgehead atoms. The SMILES string of the molecule is O=C(c1n[nH]c2c1CCC2)N1CCC2(C1)Cn1c(nnc1-c1cn[nH]c1)CO2. The number of carbonyl (C=O) groups excluding carboxylic acids is 1. The fourth-order valence-corrected chi connectivity index (χ4v) is 4.66. The number of ether oxygens (including phenoxy) is 1. The summed E-state index contributed by atoms with van der Waals surface area (Å²) in [5.41, 5.74) is 3.28. The topological polar surface area (TPSA) is 118 Å². The molecule has 3 aromatic rings. The van der Waals surface area contributed by atoms with Crippen molar-refractivity contribution in [3.8, 4) is 11.4 Å². The van der Waals surface area contributed by atoms with Gasteiger partial charge in [-0.2, -0.15) is 10.2 Å². The van der Waals surface area contributed by atoms with Gasteiger partial charge in [0.1, 0.15) is 12.2 Å². The van der Waals surface area contributed by atoms with Gasteiger partial charge in [-0.05, 0) is 25.7 Å². The molecule has 1 atom stereocenters. The summed E-state index contributed by atoms with van der Waals surface area (Å²) in [5.74, 6) is 1.59. The number of rotatable bonds is 2. The van der Waals surface area contributed by atoms with Gasteiger partial charge in [0.2, 0.25) is 0 Å². The molecule has 1 spiro atoms. The van der Waals surface area contributed by atoms with Crippen LogP contribution in [0.4, 0.5) is 0 Å². The third-order valence-corrected chi connectivity index (χ3v) is 6.15. The third kappa shape index (κ3) is 2.27. The number of likely N-dealkylation sites (tertiary alicyclic amines) is 1. The lowest BCUT2D eigenvalue weighted by Crippen LogP contribution is -2.45. The number of hydrogen-bond donors (Lipinski definition) is 2. The van der Waals surface area contributed by atoms with Gasteiger partial charge in [-0.15, -0.1) is 10.2 Å². The number of aryl methyl sites for hydroxylation is 1. The summed E-state index contributed by atoms with van der Waals surface area (Å²) >= 11 is 0. The number of nitrogens with one attached hydrogen (secondary N) is 2. The van der Waals surface area contributed by atoms with Crippen LogP contribution in [0.5, 0.6) is 0 Å². The van der Waals surface area contributed by atoms with E-state index in [0.717, 1.165) is 54.2 Å². The number of carbonyl (C=O) groups is 1. The highest BCUT2D eigenvalue weighted by atomic mass is 16.5. The number of nitrogens with zero attached hydrogens (tertiary/aromatic N) is 6. The molecule has 2 aliphatic heterocycles. The highest BCUT2D eigenvalue weighted by Gasteiger charge is 2.45. The van der Waals surface area contributed by atoms with Crippen LogP contribution in [0, 0.1) is 0 Å². The predicted octanol–water partition coefficient (Wildman–Crippen LogP) is 0.695. The van der Waals surface area contributed by atoms with Crippen molar-refractivity contribution in [1.82, 2.24) is 40.1 Å². The quantitative estimate of drug-likeness (QED) is 0.676. The number of aromatic amines is 2. The van der Waals surface area contributed by atoms with Crippen molar-refractivity contribution < 1.29 is 9.53 Å². The molecule has 1 aliphatic carbocycles. The number of aromatic nitrogens is 7. The maximum absolute atomic E-state index is 13.1. The molecule has 3 aliphatic rings. The van der Waals surface area contributed by atoms with Crippen LogP contribution in [-0.4, -0.2) is 64.7 Å². The first-order valence-electron chi connectivity index (χ1n) is 9.63. The number of H-pyrrole nitrogens is 2. The van der Waals surface area contributed by atoms with Crippen LogP contribution >= 0.6 is 0 Å². The molecule has 2 N–H and O–H groups in total. The van der Waals surface area contributed by atoms with Crippen LogP contribution in [0.25, 0.3) is 11.4 Å². The molecular weight excluding hydrogens is 360 g/mol. The molecule has 144 valence electrons. The molecule has 1 saturated heterocycles. The molecule has 6 rings (SSSR count). The fourth-order valence-electron chi connectivity index (χ4n) is 4.66. The average Bonchev–Trinajstić information content (AvgIpc) is 3.48. The molecule has 1 unspecified atom stereocenters. The second-order valence-electron chi connectivity index (χ2n) is 7.84. The number of fused-ring (bicyclic) bond motifs is 2. The Bertz CT molecular complexity index is 1050. The maximum atomic E-state index is 13.1. The summed E-state index contributed by atoms with van der Waals surface area (Å²) in [6.07, 6.45) is 7.33. The Kier molecular flexibility index (Phi) is 3.28. The maximum Gasteiger partial charge on any atom is 0.274 e. The van der Waals surface area contributed by atoms with Crippen molar-refractivity contribution in [2.24, 2.45) is 0 Å². The Labute approximate surface area is 160 Å². The van der Waals surface area contributed by atoms with Gasteiger partial charge in [-0.25, -0.2) is 0 Å². The lowest BCUT2D eigenvalue weighted by Gasteiger charge is -2.34. The zero-order valence-electron chi connectivity index (χ0n) is 15.3. The number of amides is 1. The Morgan fingerprint density at radius 2 is 2.21 bits per heavy atom. The largest absolute Gasteiger partial charge is 0.363 e. The smallest absolute Gasteiger partial charge is 0.274 e. The van der Waals surface area contributed by atoms with Gasteiger partial charge in [0, 0.05) is 24.0 Å². The van der Waals surface area contributed by atoms with Crippen LogP contribution < -0.4 is 0 Å². The summed E-state index contributed by atoms with van der Waals surface area (Å²) in [6, 6.07) is 0. The molecule has 0 aromatic carbocycles. The Balaban J connectivity index is 1.26. The van der Waals surface area contributed by atoms with E-state index in [1.54, 1.807) is 6.20 Å². The molecule has 0 radical (unpaired) electrons. The first kappa shape index (κ1) is 16.0. The normalized spacial score (nSPS) is 23.4. The van der Waals surface area contributed by atoms with E-state index in [-0.39, 0.29) is 5.91 Å². The van der Waals surface area contributed by atoms with Gasteiger partial charge in [0.25, 0.3) is 5.91 Å². The van der Waals surface area contributed by atoms with Crippen molar-refractivity contribution in [2.75, 3.05) is 13.1 Å². The molecule has 1 amide bonds. The molecule has 10 heteroatoms. The van der Waals surface area contributed by atoms with Crippen molar-refractivity contribution in [1.29, 1.82) is 0 Å². The van der Waals surface area contributed by atoms with Crippen LogP contribution in [0.2, 0.25) is 0 Å². The van der Waals surface area contributed by atoms with Gasteiger partial charge in [-0.1, -0.05) is 0 Å². The van der Waals surface area contributed by atoms with E-state index in [1.165, 1.54) is 0 Å². The second-order valence-corrected chi connectivity index (χ2v) is 7.84. The van der Waals surface area contributed by atoms with Crippen LogP contribution in [0.3, 0.4) is 0 Å². The van der Waals surface area contributed by atoms with E-state index >= 15 is 0 Å². The average molecular weight is 380 g/mol. The Hall–Kier alpha value is -3.01. The molecule has 0 saturated carbocycles. The molecule has 10 nitrogen and oxygen atoms in total. The first-order chi connectivity index (χ1) is 13.7. The summed E-state index contributed by atoms with van der Waals surface area (Å²) in [5, 5.41) is 22.7. The summed E-state index contributed by atoms with van der Waals surface area (Å²) < 4.78 is 8.30. The first-order valence-corrected chi connectivity index (χ1v) is 9.63. The van der Waals surface area contributed by atoms with E-state index in [2.05, 4.69) is 35.2 Å². The standard InChI is InChI=1S/C18H20N8O2/c27-17(15-12-2-1-3-13(12)21-23-15)25-5-4-18(9-25)10-26-14(8-28-18)22-24-16(26)11-6-19-20-7-11/h6-7H,1-5,8-10H2,(H,19,20)(H,21,23). The zero-order chi connectivity index (χ0) is 18.7. The van der Waals surface area contributed by atoms with Gasteiger partial charge >= 0.3 is 0 Å². The van der Waals surface area contributed by atoms with E-state index in [0.29, 0.717) is 31.9 Å². The minimum absolute atomic E-state index is 0.00415. The van der Waals surface area contributed by atoms with Crippen molar-refractivity contribution >= 4 is 5.91 Å². The second kappa shape index (κ2) is 5.74. The fraction of sp³-hybridized carbons (Fsp3) is 0.500. The summed E-state index contributed by atoms with van der Waals surface area (Å²) in [7, 11) is 0.